The van der Waals surface area contributed by atoms with Crippen LogP contribution in [0.2, 0.25) is 0 Å². The summed E-state index contributed by atoms with van der Waals surface area (Å²) in [5.41, 5.74) is 3.81. The second-order valence-corrected chi connectivity index (χ2v) is 5.35. The quantitative estimate of drug-likeness (QED) is 0.935. The molecule has 0 fully saturated rings. The molecule has 0 saturated carbocycles. The van der Waals surface area contributed by atoms with Crippen LogP contribution in [0.3, 0.4) is 0 Å². The average Bonchev–Trinajstić information content (AvgIpc) is 2.69. The van der Waals surface area contributed by atoms with Gasteiger partial charge in [-0.3, -0.25) is 9.48 Å². The predicted molar refractivity (Wildman–Crippen MR) is 80.8 cm³/mol. The van der Waals surface area contributed by atoms with Crippen LogP contribution < -0.4 is 5.32 Å². The first-order valence-electron chi connectivity index (χ1n) is 6.96. The van der Waals surface area contributed by atoms with Crippen LogP contribution in [-0.4, -0.2) is 15.7 Å². The van der Waals surface area contributed by atoms with E-state index in [2.05, 4.69) is 10.4 Å². The number of amides is 1. The molecule has 0 aliphatic carbocycles. The van der Waals surface area contributed by atoms with Crippen molar-refractivity contribution >= 4 is 11.6 Å². The van der Waals surface area contributed by atoms with Gasteiger partial charge in [0.05, 0.1) is 11.7 Å². The summed E-state index contributed by atoms with van der Waals surface area (Å²) in [6.07, 6.45) is 0.318. The number of carbonyl (C=O) groups is 1. The fourth-order valence-electron chi connectivity index (χ4n) is 2.27. The fraction of sp³-hybridized carbons (Fsp3) is 0.375. The lowest BCUT2D eigenvalue weighted by molar-refractivity contribution is -0.116. The van der Waals surface area contributed by atoms with E-state index in [1.165, 1.54) is 12.1 Å². The monoisotopic (exact) mass is 289 g/mol. The van der Waals surface area contributed by atoms with E-state index in [4.69, 9.17) is 0 Å². The van der Waals surface area contributed by atoms with Crippen LogP contribution in [0.1, 0.15) is 36.3 Å². The number of benzene rings is 1. The van der Waals surface area contributed by atoms with Gasteiger partial charge >= 0.3 is 0 Å². The summed E-state index contributed by atoms with van der Waals surface area (Å²) in [6, 6.07) is 5.71. The Morgan fingerprint density at radius 1 is 1.29 bits per heavy atom. The van der Waals surface area contributed by atoms with E-state index in [-0.39, 0.29) is 17.8 Å². The Balaban J connectivity index is 2.01. The van der Waals surface area contributed by atoms with Crippen molar-refractivity contribution in [2.75, 3.05) is 5.32 Å². The number of anilines is 1. The molecular formula is C16H20FN3O. The van der Waals surface area contributed by atoms with Gasteiger partial charge in [0.25, 0.3) is 0 Å². The zero-order valence-corrected chi connectivity index (χ0v) is 12.8. The Morgan fingerprint density at radius 2 is 1.90 bits per heavy atom. The molecule has 1 amide bonds. The van der Waals surface area contributed by atoms with Crippen molar-refractivity contribution in [2.24, 2.45) is 0 Å². The molecule has 1 aromatic heterocycles. The van der Waals surface area contributed by atoms with E-state index in [9.17, 15) is 9.18 Å². The SMILES string of the molecule is Cc1nn(C(C)CC(=O)Nc2ccc(F)cc2)c(C)c1C. The Labute approximate surface area is 124 Å². The number of nitrogens with zero attached hydrogens (tertiary/aromatic N) is 2. The van der Waals surface area contributed by atoms with Gasteiger partial charge in [0.15, 0.2) is 0 Å². The molecule has 1 heterocycles. The predicted octanol–water partition coefficient (Wildman–Crippen LogP) is 3.54. The maximum Gasteiger partial charge on any atom is 0.226 e. The zero-order valence-electron chi connectivity index (χ0n) is 12.8. The second kappa shape index (κ2) is 6.08. The van der Waals surface area contributed by atoms with Crippen molar-refractivity contribution in [3.8, 4) is 0 Å². The largest absolute Gasteiger partial charge is 0.326 e. The molecule has 0 aliphatic heterocycles. The Morgan fingerprint density at radius 3 is 2.43 bits per heavy atom. The summed E-state index contributed by atoms with van der Waals surface area (Å²) in [7, 11) is 0. The molecule has 1 unspecified atom stereocenters. The van der Waals surface area contributed by atoms with Crippen LogP contribution >= 0.6 is 0 Å². The third-order valence-electron chi connectivity index (χ3n) is 3.71. The number of carbonyl (C=O) groups excluding carboxylic acids is 1. The molecule has 2 aromatic rings. The summed E-state index contributed by atoms with van der Waals surface area (Å²) in [5, 5.41) is 7.23. The number of aromatic nitrogens is 2. The van der Waals surface area contributed by atoms with Gasteiger partial charge in [0, 0.05) is 17.8 Å². The fourth-order valence-corrected chi connectivity index (χ4v) is 2.27. The van der Waals surface area contributed by atoms with Crippen LogP contribution in [-0.2, 0) is 4.79 Å². The molecule has 0 aliphatic rings. The molecule has 2 rings (SSSR count). The number of hydrogen-bond donors (Lipinski definition) is 1. The van der Waals surface area contributed by atoms with Gasteiger partial charge in [-0.05, 0) is 57.5 Å². The summed E-state index contributed by atoms with van der Waals surface area (Å²) >= 11 is 0. The number of nitrogens with one attached hydrogen (secondary N) is 1. The Kier molecular flexibility index (Phi) is 4.40. The van der Waals surface area contributed by atoms with Crippen LogP contribution in [0.5, 0.6) is 0 Å². The highest BCUT2D eigenvalue weighted by molar-refractivity contribution is 5.90. The summed E-state index contributed by atoms with van der Waals surface area (Å²) < 4.78 is 14.7. The number of rotatable bonds is 4. The zero-order chi connectivity index (χ0) is 15.6. The van der Waals surface area contributed by atoms with Crippen LogP contribution in [0.15, 0.2) is 24.3 Å². The van der Waals surface area contributed by atoms with Gasteiger partial charge in [0.1, 0.15) is 5.82 Å². The van der Waals surface area contributed by atoms with E-state index >= 15 is 0 Å². The van der Waals surface area contributed by atoms with E-state index in [1.54, 1.807) is 12.1 Å². The lowest BCUT2D eigenvalue weighted by atomic mass is 10.2. The van der Waals surface area contributed by atoms with Gasteiger partial charge in [-0.1, -0.05) is 0 Å². The Hall–Kier alpha value is -2.17. The molecule has 1 aromatic carbocycles. The summed E-state index contributed by atoms with van der Waals surface area (Å²) in [6.45, 7) is 7.95. The molecule has 4 nitrogen and oxygen atoms in total. The van der Waals surface area contributed by atoms with Crippen molar-refractivity contribution < 1.29 is 9.18 Å². The third kappa shape index (κ3) is 3.48. The Bertz CT molecular complexity index is 646. The molecule has 21 heavy (non-hydrogen) atoms. The lowest BCUT2D eigenvalue weighted by Gasteiger charge is -2.14. The highest BCUT2D eigenvalue weighted by atomic mass is 19.1. The molecule has 5 heteroatoms. The van der Waals surface area contributed by atoms with Gasteiger partial charge in [-0.25, -0.2) is 4.39 Å². The van der Waals surface area contributed by atoms with Crippen LogP contribution in [0, 0.1) is 26.6 Å². The van der Waals surface area contributed by atoms with Crippen molar-refractivity contribution in [2.45, 2.75) is 40.2 Å². The molecule has 0 saturated heterocycles. The van der Waals surface area contributed by atoms with Gasteiger partial charge in [-0.15, -0.1) is 0 Å². The first-order chi connectivity index (χ1) is 9.88. The van der Waals surface area contributed by atoms with E-state index < -0.39 is 0 Å². The van der Waals surface area contributed by atoms with Crippen molar-refractivity contribution in [3.05, 3.63) is 47.0 Å². The van der Waals surface area contributed by atoms with Crippen molar-refractivity contribution in [1.82, 2.24) is 9.78 Å². The van der Waals surface area contributed by atoms with Crippen molar-refractivity contribution in [1.29, 1.82) is 0 Å². The van der Waals surface area contributed by atoms with Crippen LogP contribution in [0.25, 0.3) is 0 Å². The van der Waals surface area contributed by atoms with Crippen molar-refractivity contribution in [3.63, 3.8) is 0 Å². The van der Waals surface area contributed by atoms with Gasteiger partial charge in [-0.2, -0.15) is 5.10 Å². The molecule has 0 bridgehead atoms. The minimum absolute atomic E-state index is 0.0298. The normalized spacial score (nSPS) is 12.2. The maximum absolute atomic E-state index is 12.8. The summed E-state index contributed by atoms with van der Waals surface area (Å²) in [5.74, 6) is -0.432. The minimum Gasteiger partial charge on any atom is -0.326 e. The highest BCUT2D eigenvalue weighted by Crippen LogP contribution is 2.19. The molecule has 0 spiro atoms. The van der Waals surface area contributed by atoms with E-state index in [1.807, 2.05) is 32.4 Å². The third-order valence-corrected chi connectivity index (χ3v) is 3.71. The average molecular weight is 289 g/mol. The summed E-state index contributed by atoms with van der Waals surface area (Å²) in [4.78, 5) is 12.0. The standard InChI is InChI=1S/C16H20FN3O/c1-10(20-13(4)11(2)12(3)19-20)9-16(21)18-15-7-5-14(17)6-8-15/h5-8,10H,9H2,1-4H3,(H,18,21). The van der Waals surface area contributed by atoms with Gasteiger partial charge < -0.3 is 5.32 Å². The first-order valence-corrected chi connectivity index (χ1v) is 6.96. The first kappa shape index (κ1) is 15.2. The second-order valence-electron chi connectivity index (χ2n) is 5.35. The van der Waals surface area contributed by atoms with Gasteiger partial charge in [0.2, 0.25) is 5.91 Å². The molecular weight excluding hydrogens is 269 g/mol. The molecule has 1 atom stereocenters. The smallest absolute Gasteiger partial charge is 0.226 e. The number of hydrogen-bond acceptors (Lipinski definition) is 2. The maximum atomic E-state index is 12.8. The number of aryl methyl sites for hydroxylation is 1. The topological polar surface area (TPSA) is 46.9 Å². The van der Waals surface area contributed by atoms with E-state index in [0.29, 0.717) is 12.1 Å². The number of halogens is 1. The molecule has 112 valence electrons. The molecule has 0 radical (unpaired) electrons. The van der Waals surface area contributed by atoms with E-state index in [0.717, 1.165) is 17.0 Å². The minimum atomic E-state index is -0.320. The highest BCUT2D eigenvalue weighted by Gasteiger charge is 2.16. The molecule has 1 N–H and O–H groups in total. The lowest BCUT2D eigenvalue weighted by Crippen LogP contribution is -2.19. The van der Waals surface area contributed by atoms with Crippen LogP contribution in [0.4, 0.5) is 10.1 Å².